The number of hydrogen-bond donors (Lipinski definition) is 1. The van der Waals surface area contributed by atoms with Crippen LogP contribution in [-0.4, -0.2) is 24.7 Å². The van der Waals surface area contributed by atoms with Crippen LogP contribution in [-0.2, 0) is 4.79 Å². The number of halogens is 1. The third-order valence-electron chi connectivity index (χ3n) is 2.74. The van der Waals surface area contributed by atoms with Crippen LogP contribution in [0.15, 0.2) is 36.9 Å². The molecule has 19 heavy (non-hydrogen) atoms. The molecule has 102 valence electrons. The molecule has 0 aliphatic heterocycles. The number of nitrogens with zero attached hydrogens (tertiary/aromatic N) is 1. The van der Waals surface area contributed by atoms with Gasteiger partial charge in [0.2, 0.25) is 0 Å². The lowest BCUT2D eigenvalue weighted by atomic mass is 10.1. The van der Waals surface area contributed by atoms with Gasteiger partial charge in [0.15, 0.2) is 0 Å². The summed E-state index contributed by atoms with van der Waals surface area (Å²) < 4.78 is 0. The Balaban J connectivity index is 2.95. The van der Waals surface area contributed by atoms with Gasteiger partial charge in [-0.05, 0) is 31.1 Å². The lowest BCUT2D eigenvalue weighted by Gasteiger charge is -2.21. The molecule has 0 spiro atoms. The van der Waals surface area contributed by atoms with Crippen LogP contribution >= 0.6 is 11.6 Å². The van der Waals surface area contributed by atoms with Gasteiger partial charge >= 0.3 is 5.97 Å². The molecule has 0 unspecified atom stereocenters. The molecule has 0 atom stereocenters. The number of rotatable bonds is 7. The summed E-state index contributed by atoms with van der Waals surface area (Å²) in [6.07, 6.45) is 6.46. The van der Waals surface area contributed by atoms with Crippen LogP contribution in [0, 0.1) is 0 Å². The maximum atomic E-state index is 10.6. The number of anilines is 1. The topological polar surface area (TPSA) is 40.5 Å². The Morgan fingerprint density at radius 1 is 1.53 bits per heavy atom. The minimum atomic E-state index is -0.986. The molecule has 0 heterocycles. The van der Waals surface area contributed by atoms with Crippen LogP contribution in [0.2, 0.25) is 5.02 Å². The molecule has 0 radical (unpaired) electrons. The highest BCUT2D eigenvalue weighted by Crippen LogP contribution is 2.28. The Labute approximate surface area is 118 Å². The van der Waals surface area contributed by atoms with Gasteiger partial charge in [-0.15, -0.1) is 6.58 Å². The lowest BCUT2D eigenvalue weighted by molar-refractivity contribution is -0.131. The summed E-state index contributed by atoms with van der Waals surface area (Å²) in [4.78, 5) is 12.7. The Morgan fingerprint density at radius 3 is 2.89 bits per heavy atom. The number of carbonyl (C=O) groups is 1. The molecule has 1 aromatic carbocycles. The fourth-order valence-electron chi connectivity index (χ4n) is 1.77. The second-order valence-corrected chi connectivity index (χ2v) is 4.60. The monoisotopic (exact) mass is 279 g/mol. The van der Waals surface area contributed by atoms with Gasteiger partial charge in [0.25, 0.3) is 0 Å². The van der Waals surface area contributed by atoms with E-state index < -0.39 is 5.97 Å². The van der Waals surface area contributed by atoms with E-state index in [1.165, 1.54) is 6.08 Å². The third kappa shape index (κ3) is 4.79. The normalized spacial score (nSPS) is 10.6. The van der Waals surface area contributed by atoms with Crippen molar-refractivity contribution in [1.29, 1.82) is 0 Å². The number of carboxylic acids is 1. The van der Waals surface area contributed by atoms with Crippen LogP contribution in [0.1, 0.15) is 18.4 Å². The van der Waals surface area contributed by atoms with Gasteiger partial charge in [-0.3, -0.25) is 0 Å². The van der Waals surface area contributed by atoms with Gasteiger partial charge in [-0.2, -0.15) is 0 Å². The number of allylic oxidation sites excluding steroid dienone is 1. The molecule has 0 aliphatic carbocycles. The smallest absolute Gasteiger partial charge is 0.328 e. The largest absolute Gasteiger partial charge is 0.478 e. The Hall–Kier alpha value is -1.74. The van der Waals surface area contributed by atoms with E-state index in [1.807, 2.05) is 25.3 Å². The van der Waals surface area contributed by atoms with E-state index in [2.05, 4.69) is 11.5 Å². The average Bonchev–Trinajstić information content (AvgIpc) is 2.37. The second-order valence-electron chi connectivity index (χ2n) is 4.20. The first-order chi connectivity index (χ1) is 9.06. The van der Waals surface area contributed by atoms with E-state index in [-0.39, 0.29) is 0 Å². The molecule has 1 rings (SSSR count). The quantitative estimate of drug-likeness (QED) is 0.468. The van der Waals surface area contributed by atoms with Gasteiger partial charge in [0, 0.05) is 35.9 Å². The second kappa shape index (κ2) is 7.64. The summed E-state index contributed by atoms with van der Waals surface area (Å²) in [6, 6.07) is 5.55. The van der Waals surface area contributed by atoms with E-state index in [1.54, 1.807) is 6.07 Å². The summed E-state index contributed by atoms with van der Waals surface area (Å²) >= 11 is 6.13. The molecule has 0 saturated carbocycles. The number of unbranched alkanes of at least 4 members (excludes halogenated alkanes) is 1. The predicted octanol–water partition coefficient (Wildman–Crippen LogP) is 3.84. The van der Waals surface area contributed by atoms with Gasteiger partial charge in [0.1, 0.15) is 0 Å². The molecule has 0 bridgehead atoms. The Bertz CT molecular complexity index is 483. The van der Waals surface area contributed by atoms with E-state index in [4.69, 9.17) is 16.7 Å². The Morgan fingerprint density at radius 2 is 2.26 bits per heavy atom. The van der Waals surface area contributed by atoms with Crippen LogP contribution in [0.3, 0.4) is 0 Å². The van der Waals surface area contributed by atoms with Crippen molar-refractivity contribution in [3.8, 4) is 0 Å². The molecule has 0 saturated heterocycles. The number of aliphatic carboxylic acids is 1. The number of benzene rings is 1. The summed E-state index contributed by atoms with van der Waals surface area (Å²) in [5.74, 6) is -0.986. The molecule has 0 fully saturated rings. The lowest BCUT2D eigenvalue weighted by Crippen LogP contribution is -2.19. The van der Waals surface area contributed by atoms with Crippen molar-refractivity contribution >= 4 is 29.3 Å². The van der Waals surface area contributed by atoms with Gasteiger partial charge in [0.05, 0.1) is 0 Å². The number of carboxylic acid groups (broad SMARTS) is 1. The molecule has 1 aromatic rings. The maximum absolute atomic E-state index is 10.6. The average molecular weight is 280 g/mol. The van der Waals surface area contributed by atoms with Gasteiger partial charge < -0.3 is 10.0 Å². The fraction of sp³-hybridized carbons (Fsp3) is 0.267. The molecule has 1 N–H and O–H groups in total. The fourth-order valence-corrected chi connectivity index (χ4v) is 2.00. The summed E-state index contributed by atoms with van der Waals surface area (Å²) in [7, 11) is 1.97. The van der Waals surface area contributed by atoms with Crippen molar-refractivity contribution in [2.24, 2.45) is 0 Å². The first-order valence-corrected chi connectivity index (χ1v) is 6.45. The molecule has 4 heteroatoms. The van der Waals surface area contributed by atoms with Gasteiger partial charge in [-0.1, -0.05) is 23.7 Å². The van der Waals surface area contributed by atoms with Crippen LogP contribution in [0.5, 0.6) is 0 Å². The van der Waals surface area contributed by atoms with Crippen molar-refractivity contribution in [1.82, 2.24) is 0 Å². The summed E-state index contributed by atoms with van der Waals surface area (Å²) in [5.41, 5.74) is 1.65. The van der Waals surface area contributed by atoms with E-state index in [0.29, 0.717) is 5.02 Å². The highest BCUT2D eigenvalue weighted by molar-refractivity contribution is 6.32. The molecule has 3 nitrogen and oxygen atoms in total. The van der Waals surface area contributed by atoms with E-state index in [9.17, 15) is 4.79 Å². The molecule has 0 aliphatic rings. The highest BCUT2D eigenvalue weighted by atomic mass is 35.5. The van der Waals surface area contributed by atoms with Crippen molar-refractivity contribution in [2.75, 3.05) is 18.5 Å². The highest BCUT2D eigenvalue weighted by Gasteiger charge is 2.08. The van der Waals surface area contributed by atoms with Crippen molar-refractivity contribution in [2.45, 2.75) is 12.8 Å². The van der Waals surface area contributed by atoms with E-state index in [0.717, 1.165) is 36.7 Å². The predicted molar refractivity (Wildman–Crippen MR) is 80.8 cm³/mol. The van der Waals surface area contributed by atoms with Crippen LogP contribution in [0.25, 0.3) is 6.08 Å². The van der Waals surface area contributed by atoms with Crippen molar-refractivity contribution in [3.05, 3.63) is 47.5 Å². The maximum Gasteiger partial charge on any atom is 0.328 e. The standard InChI is InChI=1S/C15H18ClNO2/c1-3-4-5-11-17(2)14-8-6-7-13(16)12(14)9-10-15(18)19/h3,6-10H,1,4-5,11H2,2H3,(H,18,19)/b10-9+. The zero-order valence-electron chi connectivity index (χ0n) is 11.0. The SMILES string of the molecule is C=CCCCN(C)c1cccc(Cl)c1/C=C/C(=O)O. The zero-order chi connectivity index (χ0) is 14.3. The van der Waals surface area contributed by atoms with Crippen molar-refractivity contribution in [3.63, 3.8) is 0 Å². The van der Waals surface area contributed by atoms with Crippen LogP contribution in [0.4, 0.5) is 5.69 Å². The summed E-state index contributed by atoms with van der Waals surface area (Å²) in [6.45, 7) is 4.56. The van der Waals surface area contributed by atoms with E-state index >= 15 is 0 Å². The summed E-state index contributed by atoms with van der Waals surface area (Å²) in [5, 5.41) is 9.26. The molecular weight excluding hydrogens is 262 g/mol. The Kier molecular flexibility index (Phi) is 6.16. The molecular formula is C15H18ClNO2. The number of hydrogen-bond acceptors (Lipinski definition) is 2. The third-order valence-corrected chi connectivity index (χ3v) is 3.07. The first-order valence-electron chi connectivity index (χ1n) is 6.07. The van der Waals surface area contributed by atoms with Gasteiger partial charge in [-0.25, -0.2) is 4.79 Å². The van der Waals surface area contributed by atoms with Crippen molar-refractivity contribution < 1.29 is 9.90 Å². The minimum absolute atomic E-state index is 0.547. The zero-order valence-corrected chi connectivity index (χ0v) is 11.7. The minimum Gasteiger partial charge on any atom is -0.478 e. The molecule has 0 aromatic heterocycles. The van der Waals surface area contributed by atoms with Crippen LogP contribution < -0.4 is 4.90 Å². The first kappa shape index (κ1) is 15.3. The molecule has 0 amide bonds.